The Hall–Kier alpha value is -3.02. The first-order valence-electron chi connectivity index (χ1n) is 7.09. The summed E-state index contributed by atoms with van der Waals surface area (Å²) in [7, 11) is 0. The fourth-order valence-corrected chi connectivity index (χ4v) is 2.04. The molecule has 1 N–H and O–H groups in total. The summed E-state index contributed by atoms with van der Waals surface area (Å²) in [5, 5.41) is 2.59. The molecule has 0 saturated heterocycles. The Morgan fingerprint density at radius 3 is 2.58 bits per heavy atom. The molecule has 0 unspecified atom stereocenters. The Morgan fingerprint density at radius 2 is 1.88 bits per heavy atom. The zero-order valence-electron chi connectivity index (χ0n) is 12.8. The van der Waals surface area contributed by atoms with E-state index < -0.39 is 6.61 Å². The van der Waals surface area contributed by atoms with Crippen LogP contribution >= 0.6 is 0 Å². The van der Waals surface area contributed by atoms with Crippen LogP contribution in [-0.2, 0) is 4.79 Å². The summed E-state index contributed by atoms with van der Waals surface area (Å²) in [6.07, 6.45) is 2.67. The summed E-state index contributed by atoms with van der Waals surface area (Å²) < 4.78 is 29.1. The van der Waals surface area contributed by atoms with Crippen molar-refractivity contribution in [3.8, 4) is 5.75 Å². The van der Waals surface area contributed by atoms with Crippen molar-refractivity contribution >= 4 is 23.5 Å². The van der Waals surface area contributed by atoms with Crippen LogP contribution in [0.2, 0.25) is 0 Å². The number of halogens is 2. The normalized spacial score (nSPS) is 10.8. The Balaban J connectivity index is 2.18. The molecule has 2 aromatic carbocycles. The number of carbonyl (C=O) groups excluding carboxylic acids is 2. The van der Waals surface area contributed by atoms with Gasteiger partial charge in [0.2, 0.25) is 5.91 Å². The van der Waals surface area contributed by atoms with E-state index in [0.29, 0.717) is 16.8 Å². The van der Waals surface area contributed by atoms with Gasteiger partial charge in [0.1, 0.15) is 5.75 Å². The smallest absolute Gasteiger partial charge is 0.387 e. The Labute approximate surface area is 137 Å². The number of amides is 1. The minimum absolute atomic E-state index is 0.0106. The van der Waals surface area contributed by atoms with Crippen LogP contribution in [0.4, 0.5) is 14.5 Å². The third kappa shape index (κ3) is 5.01. The van der Waals surface area contributed by atoms with E-state index in [1.54, 1.807) is 36.4 Å². The fraction of sp³-hybridized carbons (Fsp3) is 0.111. The van der Waals surface area contributed by atoms with Gasteiger partial charge in [0, 0.05) is 23.7 Å². The molecule has 6 heteroatoms. The first-order valence-corrected chi connectivity index (χ1v) is 7.09. The van der Waals surface area contributed by atoms with Crippen LogP contribution in [0.15, 0.2) is 54.6 Å². The van der Waals surface area contributed by atoms with Gasteiger partial charge in [0.25, 0.3) is 0 Å². The Kier molecular flexibility index (Phi) is 5.78. The average Bonchev–Trinajstić information content (AvgIpc) is 2.53. The number of hydrogen-bond donors (Lipinski definition) is 1. The standard InChI is InChI=1S/C18H15F2NO3/c1-12(22)21-15-7-4-6-14(11-15)16(23)10-9-13-5-2-3-8-17(13)24-18(19)20/h2-11,18H,1H3,(H,21,22)/b10-9+. The third-order valence-corrected chi connectivity index (χ3v) is 3.02. The predicted molar refractivity (Wildman–Crippen MR) is 87.2 cm³/mol. The maximum Gasteiger partial charge on any atom is 0.387 e. The van der Waals surface area contributed by atoms with Gasteiger partial charge in [-0.05, 0) is 30.4 Å². The molecule has 4 nitrogen and oxygen atoms in total. The van der Waals surface area contributed by atoms with Crippen LogP contribution in [0, 0.1) is 0 Å². The molecular formula is C18H15F2NO3. The molecule has 0 heterocycles. The topological polar surface area (TPSA) is 55.4 Å². The Bertz CT molecular complexity index is 772. The lowest BCUT2D eigenvalue weighted by molar-refractivity contribution is -0.114. The highest BCUT2D eigenvalue weighted by atomic mass is 19.3. The van der Waals surface area contributed by atoms with E-state index in [2.05, 4.69) is 10.1 Å². The highest BCUT2D eigenvalue weighted by Crippen LogP contribution is 2.22. The number of nitrogens with one attached hydrogen (secondary N) is 1. The molecule has 0 spiro atoms. The van der Waals surface area contributed by atoms with Crippen molar-refractivity contribution in [3.63, 3.8) is 0 Å². The molecule has 0 radical (unpaired) electrons. The number of ether oxygens (including phenoxy) is 1. The first kappa shape index (κ1) is 17.3. The maximum absolute atomic E-state index is 12.4. The first-order chi connectivity index (χ1) is 11.5. The van der Waals surface area contributed by atoms with Gasteiger partial charge in [0.05, 0.1) is 0 Å². The molecule has 0 aliphatic carbocycles. The third-order valence-electron chi connectivity index (χ3n) is 3.02. The minimum Gasteiger partial charge on any atom is -0.434 e. The van der Waals surface area contributed by atoms with Gasteiger partial charge in [-0.1, -0.05) is 30.3 Å². The van der Waals surface area contributed by atoms with Crippen molar-refractivity contribution in [1.29, 1.82) is 0 Å². The molecule has 0 aliphatic rings. The molecule has 124 valence electrons. The summed E-state index contributed by atoms with van der Waals surface area (Å²) >= 11 is 0. The largest absolute Gasteiger partial charge is 0.434 e. The second-order valence-corrected chi connectivity index (χ2v) is 4.88. The van der Waals surface area contributed by atoms with Crippen LogP contribution in [0.1, 0.15) is 22.8 Å². The van der Waals surface area contributed by atoms with E-state index >= 15 is 0 Å². The molecule has 1 amide bonds. The van der Waals surface area contributed by atoms with Crippen LogP contribution in [0.5, 0.6) is 5.75 Å². The molecule has 0 aromatic heterocycles. The number of allylic oxidation sites excluding steroid dienone is 1. The highest BCUT2D eigenvalue weighted by Gasteiger charge is 2.08. The van der Waals surface area contributed by atoms with Gasteiger partial charge in [-0.2, -0.15) is 8.78 Å². The van der Waals surface area contributed by atoms with Crippen molar-refractivity contribution in [2.75, 3.05) is 5.32 Å². The van der Waals surface area contributed by atoms with E-state index in [1.165, 1.54) is 31.2 Å². The molecule has 2 rings (SSSR count). The van der Waals surface area contributed by atoms with E-state index in [9.17, 15) is 18.4 Å². The number of hydrogen-bond acceptors (Lipinski definition) is 3. The molecule has 0 fully saturated rings. The number of ketones is 1. The summed E-state index contributed by atoms with van der Waals surface area (Å²) in [4.78, 5) is 23.2. The zero-order chi connectivity index (χ0) is 17.5. The molecule has 0 atom stereocenters. The lowest BCUT2D eigenvalue weighted by Crippen LogP contribution is -2.06. The van der Waals surface area contributed by atoms with Gasteiger partial charge in [0.15, 0.2) is 5.78 Å². The quantitative estimate of drug-likeness (QED) is 0.639. The van der Waals surface area contributed by atoms with Gasteiger partial charge in [-0.3, -0.25) is 9.59 Å². The number of rotatable bonds is 6. The molecule has 0 bridgehead atoms. The lowest BCUT2D eigenvalue weighted by atomic mass is 10.1. The van der Waals surface area contributed by atoms with Crippen molar-refractivity contribution in [2.24, 2.45) is 0 Å². The van der Waals surface area contributed by atoms with Crippen LogP contribution in [0.3, 0.4) is 0 Å². The lowest BCUT2D eigenvalue weighted by Gasteiger charge is -2.07. The van der Waals surface area contributed by atoms with Crippen LogP contribution in [-0.4, -0.2) is 18.3 Å². The van der Waals surface area contributed by atoms with Gasteiger partial charge in [-0.15, -0.1) is 0 Å². The van der Waals surface area contributed by atoms with E-state index in [-0.39, 0.29) is 17.4 Å². The molecule has 24 heavy (non-hydrogen) atoms. The minimum atomic E-state index is -2.94. The highest BCUT2D eigenvalue weighted by molar-refractivity contribution is 6.07. The fourth-order valence-electron chi connectivity index (χ4n) is 2.04. The predicted octanol–water partition coefficient (Wildman–Crippen LogP) is 4.14. The van der Waals surface area contributed by atoms with Gasteiger partial charge >= 0.3 is 6.61 Å². The summed E-state index contributed by atoms with van der Waals surface area (Å²) in [6, 6.07) is 12.6. The van der Waals surface area contributed by atoms with E-state index in [1.807, 2.05) is 0 Å². The van der Waals surface area contributed by atoms with Crippen molar-refractivity contribution in [1.82, 2.24) is 0 Å². The van der Waals surface area contributed by atoms with E-state index in [4.69, 9.17) is 0 Å². The number of alkyl halides is 2. The number of para-hydroxylation sites is 1. The Morgan fingerprint density at radius 1 is 1.12 bits per heavy atom. The van der Waals surface area contributed by atoms with Crippen molar-refractivity contribution < 1.29 is 23.1 Å². The van der Waals surface area contributed by atoms with Crippen LogP contribution < -0.4 is 10.1 Å². The molecular weight excluding hydrogens is 316 g/mol. The second kappa shape index (κ2) is 8.01. The van der Waals surface area contributed by atoms with Gasteiger partial charge in [-0.25, -0.2) is 0 Å². The zero-order valence-corrected chi connectivity index (χ0v) is 12.8. The summed E-state index contributed by atoms with van der Waals surface area (Å²) in [5.41, 5.74) is 1.23. The average molecular weight is 331 g/mol. The second-order valence-electron chi connectivity index (χ2n) is 4.88. The monoisotopic (exact) mass is 331 g/mol. The van der Waals surface area contributed by atoms with Crippen LogP contribution in [0.25, 0.3) is 6.08 Å². The van der Waals surface area contributed by atoms with Crippen molar-refractivity contribution in [2.45, 2.75) is 13.5 Å². The summed E-state index contributed by atoms with van der Waals surface area (Å²) in [5.74, 6) is -0.578. The molecule has 0 saturated carbocycles. The number of carbonyl (C=O) groups is 2. The molecule has 2 aromatic rings. The molecule has 0 aliphatic heterocycles. The van der Waals surface area contributed by atoms with Gasteiger partial charge < -0.3 is 10.1 Å². The number of benzene rings is 2. The van der Waals surface area contributed by atoms with Crippen molar-refractivity contribution in [3.05, 3.63) is 65.7 Å². The maximum atomic E-state index is 12.4. The summed E-state index contributed by atoms with van der Waals surface area (Å²) in [6.45, 7) is -1.57. The van der Waals surface area contributed by atoms with E-state index in [0.717, 1.165) is 0 Å². The SMILES string of the molecule is CC(=O)Nc1cccc(C(=O)/C=C/c2ccccc2OC(F)F)c1. The number of anilines is 1.